The van der Waals surface area contributed by atoms with E-state index in [1.165, 1.54) is 5.56 Å². The van der Waals surface area contributed by atoms with E-state index >= 15 is 0 Å². The van der Waals surface area contributed by atoms with Gasteiger partial charge in [0.15, 0.2) is 0 Å². The van der Waals surface area contributed by atoms with E-state index in [-0.39, 0.29) is 6.42 Å². The second kappa shape index (κ2) is 6.74. The highest BCUT2D eigenvalue weighted by molar-refractivity contribution is 5.86. The van der Waals surface area contributed by atoms with Crippen LogP contribution in [0.5, 0.6) is 0 Å². The average Bonchev–Trinajstić information content (AvgIpc) is 2.33. The van der Waals surface area contributed by atoms with Gasteiger partial charge in [-0.05, 0) is 37.8 Å². The van der Waals surface area contributed by atoms with Crippen LogP contribution >= 0.6 is 0 Å². The lowest BCUT2D eigenvalue weighted by Crippen LogP contribution is -2.30. The topological polar surface area (TPSA) is 69.4 Å². The molecule has 1 aromatic rings. The maximum absolute atomic E-state index is 12.3. The standard InChI is InChI=1S/C17H25NO3/c1-11(2)12-6-8-13(9-7-12)14(10-15(18)19)16(20)21-17(3,4)5/h6-9,11,14H,10H2,1-5H3,(H2,18,19). The number of esters is 1. The van der Waals surface area contributed by atoms with Crippen molar-refractivity contribution in [3.63, 3.8) is 0 Å². The maximum atomic E-state index is 12.3. The highest BCUT2D eigenvalue weighted by atomic mass is 16.6. The summed E-state index contributed by atoms with van der Waals surface area (Å²) in [6.07, 6.45) is -0.0457. The van der Waals surface area contributed by atoms with Crippen LogP contribution in [0.25, 0.3) is 0 Å². The molecule has 1 amide bonds. The van der Waals surface area contributed by atoms with Crippen LogP contribution in [-0.2, 0) is 14.3 Å². The van der Waals surface area contributed by atoms with Crippen molar-refractivity contribution in [3.8, 4) is 0 Å². The number of carbonyl (C=O) groups excluding carboxylic acids is 2. The molecule has 0 aliphatic rings. The van der Waals surface area contributed by atoms with Crippen LogP contribution in [0.15, 0.2) is 24.3 Å². The molecule has 0 saturated carbocycles. The van der Waals surface area contributed by atoms with Crippen molar-refractivity contribution >= 4 is 11.9 Å². The van der Waals surface area contributed by atoms with Crippen LogP contribution < -0.4 is 5.73 Å². The maximum Gasteiger partial charge on any atom is 0.314 e. The van der Waals surface area contributed by atoms with Crippen LogP contribution in [0.2, 0.25) is 0 Å². The first-order chi connectivity index (χ1) is 9.60. The van der Waals surface area contributed by atoms with Gasteiger partial charge in [0.25, 0.3) is 0 Å². The molecule has 0 spiro atoms. The molecule has 1 aromatic carbocycles. The molecule has 2 N–H and O–H groups in total. The molecule has 0 saturated heterocycles. The number of benzene rings is 1. The molecule has 0 aliphatic heterocycles. The van der Waals surface area contributed by atoms with Crippen molar-refractivity contribution in [1.29, 1.82) is 0 Å². The molecular formula is C17H25NO3. The molecule has 4 heteroatoms. The van der Waals surface area contributed by atoms with Crippen molar-refractivity contribution in [1.82, 2.24) is 0 Å². The summed E-state index contributed by atoms with van der Waals surface area (Å²) in [6.45, 7) is 9.60. The fraction of sp³-hybridized carbons (Fsp3) is 0.529. The second-order valence-electron chi connectivity index (χ2n) is 6.58. The third-order valence-corrected chi connectivity index (χ3v) is 3.10. The van der Waals surface area contributed by atoms with Crippen LogP contribution in [-0.4, -0.2) is 17.5 Å². The number of ether oxygens (including phenoxy) is 1. The zero-order valence-corrected chi connectivity index (χ0v) is 13.5. The molecule has 4 nitrogen and oxygen atoms in total. The first-order valence-electron chi connectivity index (χ1n) is 7.21. The molecule has 0 radical (unpaired) electrons. The molecule has 21 heavy (non-hydrogen) atoms. The van der Waals surface area contributed by atoms with Gasteiger partial charge in [-0.25, -0.2) is 0 Å². The Hall–Kier alpha value is -1.84. The highest BCUT2D eigenvalue weighted by Crippen LogP contribution is 2.25. The highest BCUT2D eigenvalue weighted by Gasteiger charge is 2.28. The first-order valence-corrected chi connectivity index (χ1v) is 7.21. The number of hydrogen-bond acceptors (Lipinski definition) is 3. The third kappa shape index (κ3) is 5.58. The summed E-state index contributed by atoms with van der Waals surface area (Å²) >= 11 is 0. The number of hydrogen-bond donors (Lipinski definition) is 1. The fourth-order valence-electron chi connectivity index (χ4n) is 2.02. The Bertz CT molecular complexity index is 498. The second-order valence-corrected chi connectivity index (χ2v) is 6.58. The average molecular weight is 291 g/mol. The van der Waals surface area contributed by atoms with Gasteiger partial charge in [-0.1, -0.05) is 38.1 Å². The summed E-state index contributed by atoms with van der Waals surface area (Å²) in [5, 5.41) is 0. The molecule has 0 heterocycles. The van der Waals surface area contributed by atoms with Crippen molar-refractivity contribution in [3.05, 3.63) is 35.4 Å². The van der Waals surface area contributed by atoms with Gasteiger partial charge >= 0.3 is 5.97 Å². The van der Waals surface area contributed by atoms with Crippen molar-refractivity contribution in [2.45, 2.75) is 58.5 Å². The van der Waals surface area contributed by atoms with E-state index in [2.05, 4.69) is 13.8 Å². The lowest BCUT2D eigenvalue weighted by Gasteiger charge is -2.24. The summed E-state index contributed by atoms with van der Waals surface area (Å²) in [4.78, 5) is 23.5. The van der Waals surface area contributed by atoms with Crippen LogP contribution in [0, 0.1) is 0 Å². The monoisotopic (exact) mass is 291 g/mol. The fourth-order valence-corrected chi connectivity index (χ4v) is 2.02. The van der Waals surface area contributed by atoms with Crippen molar-refractivity contribution < 1.29 is 14.3 Å². The summed E-state index contributed by atoms with van der Waals surface area (Å²) in [6, 6.07) is 7.68. The van der Waals surface area contributed by atoms with Crippen LogP contribution in [0.4, 0.5) is 0 Å². The minimum absolute atomic E-state index is 0.0457. The third-order valence-electron chi connectivity index (χ3n) is 3.10. The SMILES string of the molecule is CC(C)c1ccc(C(CC(N)=O)C(=O)OC(C)(C)C)cc1. The van der Waals surface area contributed by atoms with E-state index in [0.717, 1.165) is 5.56 Å². The van der Waals surface area contributed by atoms with E-state index < -0.39 is 23.4 Å². The molecule has 1 unspecified atom stereocenters. The molecule has 0 aromatic heterocycles. The van der Waals surface area contributed by atoms with Gasteiger partial charge < -0.3 is 10.5 Å². The number of rotatable bonds is 5. The number of carbonyl (C=O) groups is 2. The summed E-state index contributed by atoms with van der Waals surface area (Å²) < 4.78 is 5.39. The van der Waals surface area contributed by atoms with Crippen molar-refractivity contribution in [2.24, 2.45) is 5.73 Å². The lowest BCUT2D eigenvalue weighted by atomic mass is 9.92. The minimum atomic E-state index is -0.650. The molecule has 0 fully saturated rings. The number of amides is 1. The van der Waals surface area contributed by atoms with Crippen LogP contribution in [0.3, 0.4) is 0 Å². The van der Waals surface area contributed by atoms with E-state index in [9.17, 15) is 9.59 Å². The Kier molecular flexibility index (Phi) is 5.53. The van der Waals surface area contributed by atoms with Gasteiger partial charge in [-0.2, -0.15) is 0 Å². The van der Waals surface area contributed by atoms with Gasteiger partial charge in [-0.15, -0.1) is 0 Å². The zero-order chi connectivity index (χ0) is 16.2. The van der Waals surface area contributed by atoms with Gasteiger partial charge in [-0.3, -0.25) is 9.59 Å². The van der Waals surface area contributed by atoms with Gasteiger partial charge in [0.2, 0.25) is 5.91 Å². The van der Waals surface area contributed by atoms with E-state index in [1.54, 1.807) is 20.8 Å². The van der Waals surface area contributed by atoms with E-state index in [0.29, 0.717) is 5.92 Å². The zero-order valence-electron chi connectivity index (χ0n) is 13.5. The van der Waals surface area contributed by atoms with Gasteiger partial charge in [0.05, 0.1) is 5.92 Å². The molecule has 0 aliphatic carbocycles. The Morgan fingerprint density at radius 1 is 1.10 bits per heavy atom. The Morgan fingerprint density at radius 3 is 1.95 bits per heavy atom. The largest absolute Gasteiger partial charge is 0.459 e. The Balaban J connectivity index is 3.01. The lowest BCUT2D eigenvalue weighted by molar-refractivity contribution is -0.157. The number of primary amides is 1. The Labute approximate surface area is 126 Å². The molecule has 116 valence electrons. The summed E-state index contributed by atoms with van der Waals surface area (Å²) in [5.41, 5.74) is 6.61. The van der Waals surface area contributed by atoms with Gasteiger partial charge in [0, 0.05) is 6.42 Å². The van der Waals surface area contributed by atoms with E-state index in [1.807, 2.05) is 24.3 Å². The summed E-state index contributed by atoms with van der Waals surface area (Å²) in [7, 11) is 0. The van der Waals surface area contributed by atoms with Crippen LogP contribution in [0.1, 0.15) is 64.0 Å². The van der Waals surface area contributed by atoms with Crippen molar-refractivity contribution in [2.75, 3.05) is 0 Å². The minimum Gasteiger partial charge on any atom is -0.459 e. The van der Waals surface area contributed by atoms with Gasteiger partial charge in [0.1, 0.15) is 5.60 Å². The molecule has 0 bridgehead atoms. The predicted molar refractivity (Wildman–Crippen MR) is 82.9 cm³/mol. The number of nitrogens with two attached hydrogens (primary N) is 1. The first kappa shape index (κ1) is 17.2. The quantitative estimate of drug-likeness (QED) is 0.847. The molecular weight excluding hydrogens is 266 g/mol. The predicted octanol–water partition coefficient (Wildman–Crippen LogP) is 3.11. The smallest absolute Gasteiger partial charge is 0.314 e. The van der Waals surface area contributed by atoms with E-state index in [4.69, 9.17) is 10.5 Å². The molecule has 1 rings (SSSR count). The summed E-state index contributed by atoms with van der Waals surface area (Å²) in [5.74, 6) is -1.17. The molecule has 1 atom stereocenters. The normalized spacial score (nSPS) is 13.0. The Morgan fingerprint density at radius 2 is 1.57 bits per heavy atom.